The van der Waals surface area contributed by atoms with Crippen molar-refractivity contribution in [2.24, 2.45) is 0 Å². The Morgan fingerprint density at radius 3 is 2.85 bits per heavy atom. The summed E-state index contributed by atoms with van der Waals surface area (Å²) in [7, 11) is 1.66. The van der Waals surface area contributed by atoms with Crippen molar-refractivity contribution >= 4 is 34.0 Å². The average Bonchev–Trinajstić information content (AvgIpc) is 2.50. The molecule has 4 heteroatoms. The van der Waals surface area contributed by atoms with E-state index in [1.807, 2.05) is 24.3 Å². The summed E-state index contributed by atoms with van der Waals surface area (Å²) in [6.07, 6.45) is 2.91. The third-order valence-corrected chi connectivity index (χ3v) is 1.69. The zero-order valence-corrected chi connectivity index (χ0v) is 10.3. The normalized spacial score (nSPS) is 8.69. The molecule has 0 aliphatic heterocycles. The molecule has 0 bridgehead atoms. The number of nitrogens with one attached hydrogen (secondary N) is 1. The predicted octanol–water partition coefficient (Wildman–Crippen LogP) is -1.40. The van der Waals surface area contributed by atoms with Crippen LogP contribution in [0.5, 0.6) is 5.75 Å². The van der Waals surface area contributed by atoms with E-state index in [0.717, 1.165) is 16.7 Å². The molecule has 2 rings (SSSR count). The van der Waals surface area contributed by atoms with Gasteiger partial charge in [0.2, 0.25) is 0 Å². The summed E-state index contributed by atoms with van der Waals surface area (Å²) in [6, 6.07) is 7.78. The quantitative estimate of drug-likeness (QED) is 0.489. The molecule has 13 heavy (non-hydrogen) atoms. The summed E-state index contributed by atoms with van der Waals surface area (Å²) in [5.74, 6) is 0.880. The van der Waals surface area contributed by atoms with E-state index >= 15 is 0 Å². The Balaban J connectivity index is 0.000000720. The van der Waals surface area contributed by atoms with Crippen LogP contribution in [0.3, 0.4) is 0 Å². The Kier molecular flexibility index (Phi) is 5.44. The van der Waals surface area contributed by atoms with E-state index < -0.39 is 0 Å². The number of aromatic nitrogens is 1. The molecule has 0 atom stereocenters. The second-order valence-electron chi connectivity index (χ2n) is 2.37. The minimum absolute atomic E-state index is 0. The van der Waals surface area contributed by atoms with Gasteiger partial charge in [-0.15, -0.1) is 17.8 Å². The number of methoxy groups -OCH3 is 1. The van der Waals surface area contributed by atoms with Gasteiger partial charge in [0.25, 0.3) is 0 Å². The second kappa shape index (κ2) is 5.52. The minimum Gasteiger partial charge on any atom is -1.00 e. The first-order valence-electron chi connectivity index (χ1n) is 3.43. The van der Waals surface area contributed by atoms with Crippen LogP contribution in [0, 0.1) is 6.20 Å². The summed E-state index contributed by atoms with van der Waals surface area (Å²) in [5, 5.41) is 1.13. The molecular weight excluding hydrogens is 242 g/mol. The molecule has 1 aromatic carbocycles. The fraction of sp³-hybridized carbons (Fsp3) is 0.111. The SMILES string of the molecule is COc1ccc2[nH][c-]cc2c1.[Br-].[Mg+2]. The first kappa shape index (κ1) is 12.8. The third kappa shape index (κ3) is 2.62. The summed E-state index contributed by atoms with van der Waals surface area (Å²) < 4.78 is 5.06. The van der Waals surface area contributed by atoms with Gasteiger partial charge in [0.05, 0.1) is 7.11 Å². The number of benzene rings is 1. The van der Waals surface area contributed by atoms with Crippen molar-refractivity contribution < 1.29 is 21.7 Å². The molecule has 0 amide bonds. The van der Waals surface area contributed by atoms with E-state index in [9.17, 15) is 0 Å². The van der Waals surface area contributed by atoms with Crippen LogP contribution in [0.2, 0.25) is 0 Å². The Hall–Kier alpha value is -0.194. The molecule has 1 heterocycles. The van der Waals surface area contributed by atoms with Crippen molar-refractivity contribution in [3.8, 4) is 5.75 Å². The maximum atomic E-state index is 5.06. The van der Waals surface area contributed by atoms with Crippen LogP contribution < -0.4 is 21.7 Å². The summed E-state index contributed by atoms with van der Waals surface area (Å²) in [4.78, 5) is 2.99. The molecule has 2 aromatic rings. The standard InChI is InChI=1S/C9H8NO.BrH.Mg/c1-11-8-2-3-9-7(6-8)4-5-10-9;;/h2-4,6,10H,1H3;1H;/q-1;;+2/p-1. The van der Waals surface area contributed by atoms with Gasteiger partial charge in [-0.05, 0) is 6.07 Å². The van der Waals surface area contributed by atoms with Crippen LogP contribution in [-0.2, 0) is 0 Å². The minimum atomic E-state index is 0. The topological polar surface area (TPSA) is 25.0 Å². The van der Waals surface area contributed by atoms with Crippen LogP contribution in [0.15, 0.2) is 24.3 Å². The zero-order chi connectivity index (χ0) is 7.68. The van der Waals surface area contributed by atoms with Crippen molar-refractivity contribution in [2.75, 3.05) is 7.11 Å². The summed E-state index contributed by atoms with van der Waals surface area (Å²) in [6.45, 7) is 0. The van der Waals surface area contributed by atoms with Crippen LogP contribution in [0.25, 0.3) is 10.9 Å². The van der Waals surface area contributed by atoms with E-state index in [1.165, 1.54) is 0 Å². The Morgan fingerprint density at radius 2 is 2.15 bits per heavy atom. The molecule has 0 aliphatic rings. The van der Waals surface area contributed by atoms with Gasteiger partial charge >= 0.3 is 23.1 Å². The van der Waals surface area contributed by atoms with Gasteiger partial charge in [0.15, 0.2) is 0 Å². The van der Waals surface area contributed by atoms with E-state index in [4.69, 9.17) is 4.74 Å². The van der Waals surface area contributed by atoms with Crippen molar-refractivity contribution in [3.05, 3.63) is 30.5 Å². The van der Waals surface area contributed by atoms with Gasteiger partial charge in [-0.3, -0.25) is 0 Å². The van der Waals surface area contributed by atoms with Gasteiger partial charge in [-0.1, -0.05) is 6.07 Å². The second-order valence-corrected chi connectivity index (χ2v) is 2.37. The Bertz CT molecular complexity index is 374. The molecular formula is C9H8BrMgNO. The molecule has 64 valence electrons. The Morgan fingerprint density at radius 1 is 1.38 bits per heavy atom. The van der Waals surface area contributed by atoms with Crippen LogP contribution in [0.1, 0.15) is 0 Å². The molecule has 0 spiro atoms. The van der Waals surface area contributed by atoms with Gasteiger partial charge in [0, 0.05) is 0 Å². The molecule has 0 saturated heterocycles. The maximum Gasteiger partial charge on any atom is 2.00 e. The van der Waals surface area contributed by atoms with E-state index in [2.05, 4.69) is 11.2 Å². The largest absolute Gasteiger partial charge is 2.00 e. The monoisotopic (exact) mass is 249 g/mol. The summed E-state index contributed by atoms with van der Waals surface area (Å²) >= 11 is 0. The van der Waals surface area contributed by atoms with Crippen molar-refractivity contribution in [1.82, 2.24) is 4.98 Å². The number of hydrogen-bond acceptors (Lipinski definition) is 1. The van der Waals surface area contributed by atoms with E-state index in [1.54, 1.807) is 7.11 Å². The zero-order valence-electron chi connectivity index (χ0n) is 7.30. The number of H-pyrrole nitrogens is 1. The summed E-state index contributed by atoms with van der Waals surface area (Å²) in [5.41, 5.74) is 1.09. The average molecular weight is 250 g/mol. The fourth-order valence-electron chi connectivity index (χ4n) is 1.09. The van der Waals surface area contributed by atoms with E-state index in [-0.39, 0.29) is 40.0 Å². The van der Waals surface area contributed by atoms with Crippen molar-refractivity contribution in [3.63, 3.8) is 0 Å². The van der Waals surface area contributed by atoms with Gasteiger partial charge in [-0.2, -0.15) is 11.5 Å². The third-order valence-electron chi connectivity index (χ3n) is 1.69. The van der Waals surface area contributed by atoms with E-state index in [0.29, 0.717) is 0 Å². The maximum absolute atomic E-state index is 5.06. The van der Waals surface area contributed by atoms with Crippen molar-refractivity contribution in [1.29, 1.82) is 0 Å². The van der Waals surface area contributed by atoms with Crippen LogP contribution >= 0.6 is 0 Å². The first-order chi connectivity index (χ1) is 5.40. The van der Waals surface area contributed by atoms with Gasteiger partial charge in [0.1, 0.15) is 5.75 Å². The first-order valence-corrected chi connectivity index (χ1v) is 3.43. The number of hydrogen-bond donors (Lipinski definition) is 1. The number of ether oxygens (including phenoxy) is 1. The predicted molar refractivity (Wildman–Crippen MR) is 49.4 cm³/mol. The number of rotatable bonds is 1. The van der Waals surface area contributed by atoms with Crippen LogP contribution in [-0.4, -0.2) is 35.1 Å². The molecule has 2 nitrogen and oxygen atoms in total. The molecule has 1 N–H and O–H groups in total. The number of fused-ring (bicyclic) bond motifs is 1. The molecule has 0 saturated carbocycles. The smallest absolute Gasteiger partial charge is 1.00 e. The number of aromatic amines is 1. The van der Waals surface area contributed by atoms with Gasteiger partial charge < -0.3 is 26.7 Å². The number of halogens is 1. The van der Waals surface area contributed by atoms with Crippen LogP contribution in [0.4, 0.5) is 0 Å². The molecule has 0 aliphatic carbocycles. The Labute approximate surface area is 104 Å². The molecule has 1 aromatic heterocycles. The molecule has 0 unspecified atom stereocenters. The molecule has 0 radical (unpaired) electrons. The fourth-order valence-corrected chi connectivity index (χ4v) is 1.09. The molecule has 0 fully saturated rings. The van der Waals surface area contributed by atoms with Gasteiger partial charge in [-0.25, -0.2) is 0 Å². The van der Waals surface area contributed by atoms with Crippen molar-refractivity contribution in [2.45, 2.75) is 0 Å².